The van der Waals surface area contributed by atoms with Crippen molar-refractivity contribution in [1.29, 1.82) is 0 Å². The van der Waals surface area contributed by atoms with Crippen LogP contribution < -0.4 is 15.8 Å². The van der Waals surface area contributed by atoms with Crippen molar-refractivity contribution in [2.75, 3.05) is 18.5 Å². The Kier molecular flexibility index (Phi) is 6.00. The number of hydrogen-bond donors (Lipinski definition) is 3. The highest BCUT2D eigenvalue weighted by Crippen LogP contribution is 2.30. The molecule has 0 saturated carbocycles. The van der Waals surface area contributed by atoms with Crippen LogP contribution in [0, 0.1) is 0 Å². The van der Waals surface area contributed by atoms with Crippen molar-refractivity contribution in [2.45, 2.75) is 25.3 Å². The summed E-state index contributed by atoms with van der Waals surface area (Å²) >= 11 is 0. The van der Waals surface area contributed by atoms with E-state index < -0.39 is 21.7 Å². The Balaban J connectivity index is 0.00000220. The monoisotopic (exact) mass is 333 g/mol. The van der Waals surface area contributed by atoms with Crippen LogP contribution >= 0.6 is 12.4 Å². The van der Waals surface area contributed by atoms with Gasteiger partial charge < -0.3 is 11.1 Å². The van der Waals surface area contributed by atoms with Crippen LogP contribution in [0.2, 0.25) is 0 Å². The molecule has 21 heavy (non-hydrogen) atoms. The number of fused-ring (bicyclic) bond motifs is 1. The molecule has 2 rings (SSSR count). The second-order valence-electron chi connectivity index (χ2n) is 4.93. The fourth-order valence-corrected chi connectivity index (χ4v) is 3.04. The summed E-state index contributed by atoms with van der Waals surface area (Å²) in [5.74, 6) is -1.04. The van der Waals surface area contributed by atoms with Crippen molar-refractivity contribution >= 4 is 34.0 Å². The van der Waals surface area contributed by atoms with Crippen molar-refractivity contribution in [2.24, 2.45) is 0 Å². The highest BCUT2D eigenvalue weighted by Gasteiger charge is 2.23. The Morgan fingerprint density at radius 2 is 2.14 bits per heavy atom. The third-order valence-electron chi connectivity index (χ3n) is 3.45. The molecule has 0 saturated heterocycles. The number of nitrogens with one attached hydrogen (secondary N) is 2. The molecule has 1 unspecified atom stereocenters. The van der Waals surface area contributed by atoms with Crippen LogP contribution in [-0.4, -0.2) is 27.1 Å². The molecule has 1 aliphatic carbocycles. The number of aryl methyl sites for hydroxylation is 1. The topological polar surface area (TPSA) is 101 Å². The summed E-state index contributed by atoms with van der Waals surface area (Å²) in [6, 6.07) is 5.48. The summed E-state index contributed by atoms with van der Waals surface area (Å²) in [5, 5.41) is 2.79. The first kappa shape index (κ1) is 17.7. The van der Waals surface area contributed by atoms with E-state index in [1.54, 1.807) is 6.07 Å². The van der Waals surface area contributed by atoms with Crippen LogP contribution in [0.3, 0.4) is 0 Å². The lowest BCUT2D eigenvalue weighted by molar-refractivity contribution is -0.119. The van der Waals surface area contributed by atoms with Crippen LogP contribution in [0.4, 0.5) is 5.69 Å². The first-order valence-corrected chi connectivity index (χ1v) is 8.15. The molecular weight excluding hydrogens is 314 g/mol. The van der Waals surface area contributed by atoms with Crippen molar-refractivity contribution in [3.05, 3.63) is 29.3 Å². The van der Waals surface area contributed by atoms with Crippen molar-refractivity contribution in [3.63, 3.8) is 0 Å². The Bertz CT molecular complexity index is 619. The molecule has 118 valence electrons. The van der Waals surface area contributed by atoms with Crippen LogP contribution in [0.1, 0.15) is 30.0 Å². The average molecular weight is 334 g/mol. The maximum absolute atomic E-state index is 11.8. The molecule has 1 amide bonds. The zero-order valence-corrected chi connectivity index (χ0v) is 13.4. The van der Waals surface area contributed by atoms with Gasteiger partial charge >= 0.3 is 0 Å². The molecule has 0 heterocycles. The van der Waals surface area contributed by atoms with Crippen molar-refractivity contribution in [1.82, 2.24) is 10.0 Å². The van der Waals surface area contributed by atoms with Gasteiger partial charge in [-0.2, -0.15) is 0 Å². The number of hydrogen-bond acceptors (Lipinski definition) is 4. The fourth-order valence-electron chi connectivity index (χ4n) is 2.46. The Hall–Kier alpha value is -1.31. The second-order valence-corrected chi connectivity index (χ2v) is 6.86. The maximum atomic E-state index is 11.8. The van der Waals surface area contributed by atoms with Gasteiger partial charge in [0.25, 0.3) is 0 Å². The highest BCUT2D eigenvalue weighted by atomic mass is 35.5. The zero-order valence-electron chi connectivity index (χ0n) is 11.8. The molecule has 8 heteroatoms. The third-order valence-corrected chi connectivity index (χ3v) is 4.71. The van der Waals surface area contributed by atoms with Gasteiger partial charge in [0.15, 0.2) is 0 Å². The number of carbonyl (C=O) groups is 1. The number of anilines is 1. The summed E-state index contributed by atoms with van der Waals surface area (Å²) in [6.45, 7) is 0. The number of amides is 1. The summed E-state index contributed by atoms with van der Waals surface area (Å²) in [4.78, 5) is 11.8. The first-order valence-electron chi connectivity index (χ1n) is 6.50. The molecule has 4 N–H and O–H groups in total. The largest absolute Gasteiger partial charge is 0.399 e. The summed E-state index contributed by atoms with van der Waals surface area (Å²) in [7, 11) is -2.24. The lowest BCUT2D eigenvalue weighted by atomic mass is 9.87. The van der Waals surface area contributed by atoms with Gasteiger partial charge in [-0.1, -0.05) is 6.07 Å². The third kappa shape index (κ3) is 4.59. The van der Waals surface area contributed by atoms with E-state index in [9.17, 15) is 13.2 Å². The molecule has 0 fully saturated rings. The summed E-state index contributed by atoms with van der Waals surface area (Å²) in [5.41, 5.74) is 8.61. The Morgan fingerprint density at radius 1 is 1.43 bits per heavy atom. The van der Waals surface area contributed by atoms with E-state index in [0.717, 1.165) is 30.4 Å². The van der Waals surface area contributed by atoms with Gasteiger partial charge in [-0.3, -0.25) is 4.79 Å². The number of halogens is 1. The summed E-state index contributed by atoms with van der Waals surface area (Å²) in [6.07, 6.45) is 2.68. The lowest BCUT2D eigenvalue weighted by Crippen LogP contribution is -2.38. The fraction of sp³-hybridized carbons (Fsp3) is 0.462. The van der Waals surface area contributed by atoms with Gasteiger partial charge in [-0.05, 0) is 49.6 Å². The zero-order chi connectivity index (χ0) is 14.8. The highest BCUT2D eigenvalue weighted by molar-refractivity contribution is 7.90. The molecule has 1 aromatic rings. The predicted octanol–water partition coefficient (Wildman–Crippen LogP) is 0.733. The Morgan fingerprint density at radius 3 is 2.81 bits per heavy atom. The quantitative estimate of drug-likeness (QED) is 0.707. The van der Waals surface area contributed by atoms with Crippen molar-refractivity contribution < 1.29 is 13.2 Å². The minimum atomic E-state index is -3.54. The molecule has 0 bridgehead atoms. The molecule has 0 spiro atoms. The lowest BCUT2D eigenvalue weighted by Gasteiger charge is -2.26. The second kappa shape index (κ2) is 7.11. The van der Waals surface area contributed by atoms with Gasteiger partial charge in [-0.15, -0.1) is 12.4 Å². The molecular formula is C13H20ClN3O3S. The molecule has 0 radical (unpaired) electrons. The molecule has 0 aromatic heterocycles. The van der Waals surface area contributed by atoms with Crippen LogP contribution in [-0.2, 0) is 21.2 Å². The van der Waals surface area contributed by atoms with E-state index in [2.05, 4.69) is 10.0 Å². The van der Waals surface area contributed by atoms with E-state index in [1.165, 1.54) is 7.05 Å². The van der Waals surface area contributed by atoms with Gasteiger partial charge in [-0.25, -0.2) is 13.1 Å². The average Bonchev–Trinajstić information content (AvgIpc) is 2.38. The number of carbonyl (C=O) groups excluding carboxylic acids is 1. The minimum Gasteiger partial charge on any atom is -0.399 e. The number of rotatable bonds is 4. The van der Waals surface area contributed by atoms with Crippen LogP contribution in [0.15, 0.2) is 18.2 Å². The van der Waals surface area contributed by atoms with Crippen LogP contribution in [0.5, 0.6) is 0 Å². The number of nitrogen functional groups attached to an aromatic ring is 1. The summed E-state index contributed by atoms with van der Waals surface area (Å²) < 4.78 is 24.8. The SMILES string of the molecule is CNS(=O)(=O)CC(=O)NC1CCCc2cc(N)ccc21.Cl. The first-order chi connectivity index (χ1) is 9.41. The van der Waals surface area contributed by atoms with Crippen LogP contribution in [0.25, 0.3) is 0 Å². The van der Waals surface area contributed by atoms with Gasteiger partial charge in [0, 0.05) is 5.69 Å². The normalized spacial score (nSPS) is 17.5. The predicted molar refractivity (Wildman–Crippen MR) is 84.8 cm³/mol. The van der Waals surface area contributed by atoms with Gasteiger partial charge in [0.05, 0.1) is 6.04 Å². The van der Waals surface area contributed by atoms with Gasteiger partial charge in [0.1, 0.15) is 5.75 Å². The number of nitrogens with two attached hydrogens (primary N) is 1. The molecule has 0 aliphatic heterocycles. The minimum absolute atomic E-state index is 0. The standard InChI is InChI=1S/C13H19N3O3S.ClH/c1-15-20(18,19)8-13(17)16-12-4-2-3-9-7-10(14)5-6-11(9)12;/h5-7,12,15H,2-4,8,14H2,1H3,(H,16,17);1H. The van der Waals surface area contributed by atoms with Crippen molar-refractivity contribution in [3.8, 4) is 0 Å². The Labute approximate surface area is 130 Å². The van der Waals surface area contributed by atoms with E-state index in [4.69, 9.17) is 5.73 Å². The van der Waals surface area contributed by atoms with E-state index in [-0.39, 0.29) is 18.4 Å². The number of sulfonamides is 1. The van der Waals surface area contributed by atoms with E-state index in [1.807, 2.05) is 12.1 Å². The van der Waals surface area contributed by atoms with Gasteiger partial charge in [0.2, 0.25) is 15.9 Å². The van der Waals surface area contributed by atoms with E-state index >= 15 is 0 Å². The molecule has 1 aromatic carbocycles. The smallest absolute Gasteiger partial charge is 0.237 e. The number of benzene rings is 1. The molecule has 1 atom stereocenters. The molecule has 6 nitrogen and oxygen atoms in total. The van der Waals surface area contributed by atoms with E-state index in [0.29, 0.717) is 5.69 Å². The maximum Gasteiger partial charge on any atom is 0.237 e. The molecule has 1 aliphatic rings.